The summed E-state index contributed by atoms with van der Waals surface area (Å²) in [6, 6.07) is 0. The molecule has 0 fully saturated rings. The number of hydrogen-bond acceptors (Lipinski definition) is 2. The molecule has 0 radical (unpaired) electrons. The van der Waals surface area contributed by atoms with E-state index in [2.05, 4.69) is 50.4 Å². The van der Waals surface area contributed by atoms with Gasteiger partial charge < -0.3 is 0 Å². The van der Waals surface area contributed by atoms with Gasteiger partial charge in [0.25, 0.3) is 6.70 Å². The van der Waals surface area contributed by atoms with E-state index < -0.39 is 6.70 Å². The highest BCUT2D eigenvalue weighted by atomic mass is 79.9. The molecule has 0 saturated heterocycles. The summed E-state index contributed by atoms with van der Waals surface area (Å²) < 4.78 is 18.9. The van der Waals surface area contributed by atoms with Gasteiger partial charge in [-0.15, -0.1) is 0 Å². The van der Waals surface area contributed by atoms with E-state index in [0.717, 1.165) is 5.92 Å². The Labute approximate surface area is 71.4 Å². The van der Waals surface area contributed by atoms with Crippen molar-refractivity contribution in [3.8, 4) is 0 Å². The number of halogens is 2. The van der Waals surface area contributed by atoms with Crippen LogP contribution in [0.1, 0.15) is 20.8 Å². The summed E-state index contributed by atoms with van der Waals surface area (Å²) in [5.74, 6) is 0.833. The van der Waals surface area contributed by atoms with Crippen LogP contribution in [0.5, 0.6) is 0 Å². The fourth-order valence-corrected chi connectivity index (χ4v) is 0. The molecule has 0 N–H and O–H groups in total. The molecule has 0 heterocycles. The second-order valence-corrected chi connectivity index (χ2v) is 10.6. The molecular formula is C4H10Br2O2S. The average molecular weight is 282 g/mol. The zero-order chi connectivity index (χ0) is 8.08. The molecule has 9 heavy (non-hydrogen) atoms. The van der Waals surface area contributed by atoms with Gasteiger partial charge in [0.05, 0.1) is 29.6 Å². The second kappa shape index (κ2) is 5.68. The van der Waals surface area contributed by atoms with Crippen molar-refractivity contribution >= 4 is 36.3 Å². The topological polar surface area (TPSA) is 34.1 Å². The van der Waals surface area contributed by atoms with Crippen LogP contribution in [0.15, 0.2) is 0 Å². The number of rotatable bonds is 0. The molecule has 58 valence electrons. The van der Waals surface area contributed by atoms with Gasteiger partial charge in [0.2, 0.25) is 0 Å². The van der Waals surface area contributed by atoms with E-state index in [4.69, 9.17) is 0 Å². The molecule has 0 aliphatic carbocycles. The molecule has 0 spiro atoms. The van der Waals surface area contributed by atoms with E-state index >= 15 is 0 Å². The van der Waals surface area contributed by atoms with Crippen LogP contribution < -0.4 is 0 Å². The van der Waals surface area contributed by atoms with Gasteiger partial charge in [0.15, 0.2) is 0 Å². The Kier molecular flexibility index (Phi) is 7.93. The molecule has 0 saturated carbocycles. The fraction of sp³-hybridized carbons (Fsp3) is 1.00. The summed E-state index contributed by atoms with van der Waals surface area (Å²) in [7, 11) is 0. The zero-order valence-electron chi connectivity index (χ0n) is 5.56. The van der Waals surface area contributed by atoms with Gasteiger partial charge in [-0.25, -0.2) is 8.42 Å². The molecule has 5 heteroatoms. The highest BCUT2D eigenvalue weighted by molar-refractivity contribution is 9.79. The highest BCUT2D eigenvalue weighted by Gasteiger charge is 1.87. The lowest BCUT2D eigenvalue weighted by atomic mass is 10.3. The molecule has 0 aromatic heterocycles. The molecule has 0 unspecified atom stereocenters. The van der Waals surface area contributed by atoms with Crippen LogP contribution in [0.25, 0.3) is 0 Å². The average Bonchev–Trinajstić information content (AvgIpc) is 1.19. The van der Waals surface area contributed by atoms with Crippen LogP contribution in [-0.2, 0) is 6.70 Å². The summed E-state index contributed by atoms with van der Waals surface area (Å²) in [4.78, 5) is 0. The Balaban J connectivity index is 0. The van der Waals surface area contributed by atoms with Crippen molar-refractivity contribution in [2.75, 3.05) is 0 Å². The summed E-state index contributed by atoms with van der Waals surface area (Å²) >= 11 is 4.53. The van der Waals surface area contributed by atoms with Gasteiger partial charge in [0, 0.05) is 0 Å². The lowest BCUT2D eigenvalue weighted by Crippen LogP contribution is -1.66. The molecule has 0 aliphatic rings. The third-order valence-electron chi connectivity index (χ3n) is 0. The van der Waals surface area contributed by atoms with E-state index in [1.807, 2.05) is 0 Å². The smallest absolute Gasteiger partial charge is 0.205 e. The molecule has 0 bridgehead atoms. The van der Waals surface area contributed by atoms with E-state index in [0.29, 0.717) is 0 Å². The van der Waals surface area contributed by atoms with Crippen LogP contribution >= 0.6 is 29.6 Å². The quantitative estimate of drug-likeness (QED) is 0.640. The molecule has 2 nitrogen and oxygen atoms in total. The minimum atomic E-state index is -3.04. The van der Waals surface area contributed by atoms with Crippen molar-refractivity contribution in [2.45, 2.75) is 20.8 Å². The third kappa shape index (κ3) is 514. The van der Waals surface area contributed by atoms with Gasteiger partial charge in [0.1, 0.15) is 0 Å². The van der Waals surface area contributed by atoms with Crippen molar-refractivity contribution in [1.29, 1.82) is 0 Å². The molecule has 0 rings (SSSR count). The fourth-order valence-electron chi connectivity index (χ4n) is 0. The third-order valence-corrected chi connectivity index (χ3v) is 0. The number of hydrogen-bond donors (Lipinski definition) is 0. The highest BCUT2D eigenvalue weighted by Crippen LogP contribution is 2.06. The predicted molar refractivity (Wildman–Crippen MR) is 47.3 cm³/mol. The van der Waals surface area contributed by atoms with Crippen LogP contribution in [-0.4, -0.2) is 8.42 Å². The standard InChI is InChI=1S/C4H10.Br2O2S/c1-4(2)3;1-5(2,3)4/h4H,1-3H3;. The first-order valence-corrected chi connectivity index (χ1v) is 7.54. The molecular weight excluding hydrogens is 272 g/mol. The largest absolute Gasteiger partial charge is 0.268 e. The molecule has 0 aromatic rings. The van der Waals surface area contributed by atoms with E-state index in [1.54, 1.807) is 0 Å². The van der Waals surface area contributed by atoms with E-state index in [1.165, 1.54) is 0 Å². The maximum absolute atomic E-state index is 9.47. The van der Waals surface area contributed by atoms with Crippen molar-refractivity contribution in [2.24, 2.45) is 5.92 Å². The second-order valence-electron chi connectivity index (χ2n) is 2.11. The summed E-state index contributed by atoms with van der Waals surface area (Å²) in [5, 5.41) is 0. The Bertz CT molecular complexity index is 128. The zero-order valence-corrected chi connectivity index (χ0v) is 9.55. The lowest BCUT2D eigenvalue weighted by Gasteiger charge is -1.79. The molecule has 0 amide bonds. The summed E-state index contributed by atoms with van der Waals surface area (Å²) in [6.45, 7) is 3.46. The molecule has 0 aromatic carbocycles. The Morgan fingerprint density at radius 2 is 1.11 bits per heavy atom. The minimum Gasteiger partial charge on any atom is -0.205 e. The first-order chi connectivity index (χ1) is 3.73. The summed E-state index contributed by atoms with van der Waals surface area (Å²) in [5.41, 5.74) is 0. The first kappa shape index (κ1) is 12.6. The van der Waals surface area contributed by atoms with Gasteiger partial charge >= 0.3 is 0 Å². The molecule has 0 aliphatic heterocycles. The van der Waals surface area contributed by atoms with Crippen molar-refractivity contribution < 1.29 is 8.42 Å². The maximum Gasteiger partial charge on any atom is 0.268 e. The first-order valence-electron chi connectivity index (χ1n) is 2.37. The van der Waals surface area contributed by atoms with Crippen molar-refractivity contribution in [3.63, 3.8) is 0 Å². The van der Waals surface area contributed by atoms with E-state index in [-0.39, 0.29) is 0 Å². The van der Waals surface area contributed by atoms with Gasteiger partial charge in [-0.05, 0) is 5.92 Å². The Morgan fingerprint density at radius 1 is 1.11 bits per heavy atom. The van der Waals surface area contributed by atoms with Gasteiger partial charge in [-0.3, -0.25) is 0 Å². The maximum atomic E-state index is 9.47. The predicted octanol–water partition coefficient (Wildman–Crippen LogP) is 2.68. The monoisotopic (exact) mass is 280 g/mol. The Morgan fingerprint density at radius 3 is 1.11 bits per heavy atom. The van der Waals surface area contributed by atoms with Crippen LogP contribution in [0.2, 0.25) is 0 Å². The Hall–Kier alpha value is 0.910. The SMILES string of the molecule is CC(C)C.O=S(=O)(Br)Br. The van der Waals surface area contributed by atoms with Crippen LogP contribution in [0.4, 0.5) is 0 Å². The molecule has 0 atom stereocenters. The normalized spacial score (nSPS) is 10.4. The van der Waals surface area contributed by atoms with E-state index in [9.17, 15) is 8.42 Å². The van der Waals surface area contributed by atoms with Crippen LogP contribution in [0.3, 0.4) is 0 Å². The van der Waals surface area contributed by atoms with Crippen molar-refractivity contribution in [1.82, 2.24) is 0 Å². The van der Waals surface area contributed by atoms with Gasteiger partial charge in [-0.2, -0.15) is 0 Å². The van der Waals surface area contributed by atoms with Crippen LogP contribution in [0, 0.1) is 5.92 Å². The van der Waals surface area contributed by atoms with Gasteiger partial charge in [-0.1, -0.05) is 20.8 Å². The summed E-state index contributed by atoms with van der Waals surface area (Å²) in [6.07, 6.45) is 0. The minimum absolute atomic E-state index is 0.833. The lowest BCUT2D eigenvalue weighted by molar-refractivity contribution is 0.625. The van der Waals surface area contributed by atoms with Crippen molar-refractivity contribution in [3.05, 3.63) is 0 Å².